The van der Waals surface area contributed by atoms with Crippen LogP contribution < -0.4 is 0 Å². The minimum Gasteiger partial charge on any atom is -0.393 e. The maximum atomic E-state index is 10.4. The molecule has 2 radical (unpaired) electrons. The summed E-state index contributed by atoms with van der Waals surface area (Å²) in [5.74, 6) is 0.245. The van der Waals surface area contributed by atoms with Crippen LogP contribution in [0.3, 0.4) is 0 Å². The second-order valence-corrected chi connectivity index (χ2v) is 9.86. The third kappa shape index (κ3) is 7.19. The number of rotatable bonds is 10. The molecule has 0 bridgehead atoms. The van der Waals surface area contributed by atoms with Gasteiger partial charge in [0.15, 0.2) is 0 Å². The molecule has 1 unspecified atom stereocenters. The molecule has 2 rings (SSSR count). The van der Waals surface area contributed by atoms with Gasteiger partial charge in [0, 0.05) is 14.2 Å². The number of aliphatic hydroxyl groups excluding tert-OH is 2. The Balaban J connectivity index is 1.86. The molecular formula is C22H32BBrO2S. The molecule has 1 aliphatic rings. The molecule has 0 aromatic carbocycles. The second kappa shape index (κ2) is 11.6. The molecule has 1 aliphatic carbocycles. The lowest BCUT2D eigenvalue weighted by atomic mass is 9.75. The van der Waals surface area contributed by atoms with Crippen LogP contribution in [0.25, 0.3) is 0 Å². The lowest BCUT2D eigenvalue weighted by Crippen LogP contribution is -2.18. The molecule has 148 valence electrons. The number of hydrogen-bond donors (Lipinski definition) is 2. The number of thiophene rings is 1. The van der Waals surface area contributed by atoms with Crippen molar-refractivity contribution in [3.8, 4) is 0 Å². The van der Waals surface area contributed by atoms with Crippen LogP contribution in [-0.4, -0.2) is 30.3 Å². The van der Waals surface area contributed by atoms with E-state index in [4.69, 9.17) is 7.85 Å². The molecule has 1 saturated carbocycles. The van der Waals surface area contributed by atoms with Gasteiger partial charge in [-0.2, -0.15) is 0 Å². The molecule has 5 atom stereocenters. The smallest absolute Gasteiger partial charge is 0.0724 e. The van der Waals surface area contributed by atoms with Crippen LogP contribution in [0.5, 0.6) is 0 Å². The highest BCUT2D eigenvalue weighted by atomic mass is 79.9. The van der Waals surface area contributed by atoms with Gasteiger partial charge in [-0.05, 0) is 72.9 Å². The van der Waals surface area contributed by atoms with Gasteiger partial charge in [-0.3, -0.25) is 0 Å². The summed E-state index contributed by atoms with van der Waals surface area (Å²) in [4.78, 5) is 2.56. The first-order valence-corrected chi connectivity index (χ1v) is 11.7. The van der Waals surface area contributed by atoms with Gasteiger partial charge in [-0.1, -0.05) is 49.9 Å². The van der Waals surface area contributed by atoms with E-state index in [1.807, 2.05) is 12.2 Å². The van der Waals surface area contributed by atoms with Crippen molar-refractivity contribution < 1.29 is 10.2 Å². The largest absolute Gasteiger partial charge is 0.393 e. The molecule has 0 amide bonds. The quantitative estimate of drug-likeness (QED) is 0.270. The summed E-state index contributed by atoms with van der Waals surface area (Å²) >= 11 is 5.32. The van der Waals surface area contributed by atoms with Crippen LogP contribution in [0.4, 0.5) is 0 Å². The van der Waals surface area contributed by atoms with Crippen LogP contribution in [0, 0.1) is 18.8 Å². The molecule has 2 nitrogen and oxygen atoms in total. The Bertz CT molecular complexity index is 608. The maximum absolute atomic E-state index is 10.4. The molecule has 5 heteroatoms. The zero-order valence-corrected chi connectivity index (χ0v) is 18.9. The lowest BCUT2D eigenvalue weighted by Gasteiger charge is -2.20. The fourth-order valence-corrected chi connectivity index (χ4v) is 5.38. The van der Waals surface area contributed by atoms with Gasteiger partial charge >= 0.3 is 0 Å². The van der Waals surface area contributed by atoms with Crippen molar-refractivity contribution >= 4 is 35.1 Å². The van der Waals surface area contributed by atoms with E-state index in [0.29, 0.717) is 12.8 Å². The lowest BCUT2D eigenvalue weighted by molar-refractivity contribution is 0.125. The van der Waals surface area contributed by atoms with E-state index in [2.05, 4.69) is 48.0 Å². The van der Waals surface area contributed by atoms with Gasteiger partial charge in [0.05, 0.1) is 20.1 Å². The highest BCUT2D eigenvalue weighted by molar-refractivity contribution is 9.10. The topological polar surface area (TPSA) is 40.5 Å². The van der Waals surface area contributed by atoms with Crippen molar-refractivity contribution in [1.82, 2.24) is 0 Å². The van der Waals surface area contributed by atoms with E-state index in [9.17, 15) is 10.2 Å². The minimum absolute atomic E-state index is 0.0339. The Morgan fingerprint density at radius 2 is 2.19 bits per heavy atom. The highest BCUT2D eigenvalue weighted by Crippen LogP contribution is 2.42. The number of aliphatic hydroxyl groups is 2. The SMILES string of the molecule is [B][C@@H]1CC(O)[C@H](CC=CCCCC)[C@H]1/C=C/[C@@H](O)CCc1cc(Br)c(C)s1. The Morgan fingerprint density at radius 3 is 2.85 bits per heavy atom. The van der Waals surface area contributed by atoms with E-state index in [-0.39, 0.29) is 23.8 Å². The Kier molecular flexibility index (Phi) is 9.85. The number of unbranched alkanes of at least 4 members (excludes halogenated alkanes) is 2. The summed E-state index contributed by atoms with van der Waals surface area (Å²) in [5, 5.41) is 20.7. The highest BCUT2D eigenvalue weighted by Gasteiger charge is 2.37. The molecule has 1 fully saturated rings. The van der Waals surface area contributed by atoms with Crippen molar-refractivity contribution in [3.63, 3.8) is 0 Å². The first kappa shape index (κ1) is 22.9. The van der Waals surface area contributed by atoms with E-state index in [0.717, 1.165) is 23.7 Å². The first-order valence-electron chi connectivity index (χ1n) is 10.1. The van der Waals surface area contributed by atoms with E-state index < -0.39 is 6.10 Å². The average molecular weight is 451 g/mol. The Labute approximate surface area is 178 Å². The molecule has 0 saturated heterocycles. The monoisotopic (exact) mass is 450 g/mol. The fourth-order valence-electron chi connectivity index (χ4n) is 3.76. The van der Waals surface area contributed by atoms with Crippen molar-refractivity contribution in [2.45, 2.75) is 76.8 Å². The maximum Gasteiger partial charge on any atom is 0.0724 e. The van der Waals surface area contributed by atoms with Crippen molar-refractivity contribution in [2.24, 2.45) is 11.8 Å². The molecule has 1 aromatic rings. The predicted molar refractivity (Wildman–Crippen MR) is 121 cm³/mol. The summed E-state index contributed by atoms with van der Waals surface area (Å²) in [5.41, 5.74) is 0. The van der Waals surface area contributed by atoms with Gasteiger partial charge in [0.25, 0.3) is 0 Å². The normalized spacial score (nSPS) is 27.1. The van der Waals surface area contributed by atoms with Gasteiger partial charge < -0.3 is 10.2 Å². The van der Waals surface area contributed by atoms with E-state index in [1.54, 1.807) is 11.3 Å². The van der Waals surface area contributed by atoms with Crippen LogP contribution in [-0.2, 0) is 6.42 Å². The van der Waals surface area contributed by atoms with Crippen LogP contribution in [0.15, 0.2) is 34.8 Å². The van der Waals surface area contributed by atoms with Crippen molar-refractivity contribution in [2.75, 3.05) is 0 Å². The molecule has 2 N–H and O–H groups in total. The van der Waals surface area contributed by atoms with Crippen LogP contribution in [0.2, 0.25) is 5.82 Å². The zero-order valence-electron chi connectivity index (χ0n) is 16.5. The van der Waals surface area contributed by atoms with E-state index >= 15 is 0 Å². The minimum atomic E-state index is -0.475. The summed E-state index contributed by atoms with van der Waals surface area (Å²) in [7, 11) is 6.26. The number of hydrogen-bond acceptors (Lipinski definition) is 3. The number of halogens is 1. The first-order chi connectivity index (χ1) is 12.9. The van der Waals surface area contributed by atoms with Gasteiger partial charge in [0.2, 0.25) is 0 Å². The van der Waals surface area contributed by atoms with Gasteiger partial charge in [0.1, 0.15) is 0 Å². The van der Waals surface area contributed by atoms with Crippen LogP contribution in [0.1, 0.15) is 55.2 Å². The standard InChI is InChI=1S/C22H32BBrO2S/c1-3-4-5-6-7-8-19-18(20(23)14-22(19)26)12-10-16(25)9-11-17-13-21(24)15(2)27-17/h6-7,10,12-13,16,18-20,22,25-26H,3-5,8-9,11,14H2,1-2H3/b7-6?,12-10+/t16-,18+,19+,20+,22?/m0/s1. The summed E-state index contributed by atoms with van der Waals surface area (Å²) in [6.07, 6.45) is 14.1. The molecular weight excluding hydrogens is 419 g/mol. The summed E-state index contributed by atoms with van der Waals surface area (Å²) in [6.45, 7) is 4.29. The van der Waals surface area contributed by atoms with Crippen LogP contribution >= 0.6 is 27.3 Å². The van der Waals surface area contributed by atoms with Gasteiger partial charge in [-0.15, -0.1) is 11.3 Å². The Morgan fingerprint density at radius 1 is 1.41 bits per heavy atom. The van der Waals surface area contributed by atoms with Gasteiger partial charge in [-0.25, -0.2) is 0 Å². The average Bonchev–Trinajstić information content (AvgIpc) is 3.09. The Hall–Kier alpha value is -0.355. The second-order valence-electron chi connectivity index (χ2n) is 7.67. The summed E-state index contributed by atoms with van der Waals surface area (Å²) in [6, 6.07) is 2.14. The fraction of sp³-hybridized carbons (Fsp3) is 0.636. The number of aryl methyl sites for hydroxylation is 2. The molecule has 1 aromatic heterocycles. The third-order valence-corrected chi connectivity index (χ3v) is 7.64. The number of allylic oxidation sites excluding steroid dienone is 3. The molecule has 1 heterocycles. The van der Waals surface area contributed by atoms with Crippen molar-refractivity contribution in [3.05, 3.63) is 44.6 Å². The molecule has 27 heavy (non-hydrogen) atoms. The zero-order chi connectivity index (χ0) is 19.8. The summed E-state index contributed by atoms with van der Waals surface area (Å²) < 4.78 is 1.15. The predicted octanol–water partition coefficient (Wildman–Crippen LogP) is 5.76. The van der Waals surface area contributed by atoms with E-state index in [1.165, 1.54) is 22.6 Å². The third-order valence-electron chi connectivity index (χ3n) is 5.45. The molecule has 0 spiro atoms. The molecule has 0 aliphatic heterocycles. The van der Waals surface area contributed by atoms with Crippen molar-refractivity contribution in [1.29, 1.82) is 0 Å².